The predicted molar refractivity (Wildman–Crippen MR) is 25.1 cm³/mol. The van der Waals surface area contributed by atoms with Crippen molar-refractivity contribution in [1.82, 2.24) is 6.15 Å². The van der Waals surface area contributed by atoms with Crippen molar-refractivity contribution in [2.45, 2.75) is 18.9 Å². The van der Waals surface area contributed by atoms with Crippen LogP contribution in [0.1, 0.15) is 12.8 Å². The number of halogens is 1. The third kappa shape index (κ3) is 4.05. The molecule has 0 aromatic carbocycles. The smallest absolute Gasteiger partial charge is 0.0573 e. The quantitative estimate of drug-likeness (QED) is 0.438. The Morgan fingerprint density at radius 3 is 1.86 bits per heavy atom. The molecular formula is C4H11ClNO-. The molecule has 1 fully saturated rings. The predicted octanol–water partition coefficient (Wildman–Crippen LogP) is -2.04. The minimum atomic E-state index is 0. The second-order valence-electron chi connectivity index (χ2n) is 1.44. The summed E-state index contributed by atoms with van der Waals surface area (Å²) in [5, 5.41) is 0. The Hall–Kier alpha value is 0.210. The van der Waals surface area contributed by atoms with Crippen LogP contribution >= 0.6 is 0 Å². The average molecular weight is 125 g/mol. The van der Waals surface area contributed by atoms with Crippen LogP contribution in [-0.4, -0.2) is 13.2 Å². The molecule has 0 aromatic rings. The van der Waals surface area contributed by atoms with Gasteiger partial charge in [0.15, 0.2) is 0 Å². The van der Waals surface area contributed by atoms with Gasteiger partial charge in [0.05, 0.1) is 6.10 Å². The third-order valence-electron chi connectivity index (χ3n) is 0.858. The highest BCUT2D eigenvalue weighted by Crippen LogP contribution is 2.21. The molecule has 0 aromatic heterocycles. The van der Waals surface area contributed by atoms with E-state index >= 15 is 0 Å². The fourth-order valence-electron chi connectivity index (χ4n) is 0.304. The van der Waals surface area contributed by atoms with Crippen molar-refractivity contribution in [3.05, 3.63) is 0 Å². The van der Waals surface area contributed by atoms with Gasteiger partial charge in [-0.05, 0) is 12.8 Å². The Morgan fingerprint density at radius 2 is 1.86 bits per heavy atom. The lowest BCUT2D eigenvalue weighted by Crippen LogP contribution is -3.00. The van der Waals surface area contributed by atoms with Crippen LogP contribution in [0.5, 0.6) is 0 Å². The number of methoxy groups -OCH3 is 1. The minimum absolute atomic E-state index is 0. The molecule has 3 heteroatoms. The molecule has 0 atom stereocenters. The van der Waals surface area contributed by atoms with E-state index in [2.05, 4.69) is 0 Å². The zero-order valence-corrected chi connectivity index (χ0v) is 5.24. The first kappa shape index (κ1) is 10.2. The van der Waals surface area contributed by atoms with Crippen molar-refractivity contribution in [2.24, 2.45) is 0 Å². The van der Waals surface area contributed by atoms with E-state index in [-0.39, 0.29) is 18.6 Å². The highest BCUT2D eigenvalue weighted by Gasteiger charge is 2.19. The first-order chi connectivity index (χ1) is 2.43. The van der Waals surface area contributed by atoms with Crippen LogP contribution in [-0.2, 0) is 4.74 Å². The molecule has 0 unspecified atom stereocenters. The van der Waals surface area contributed by atoms with Gasteiger partial charge in [0.2, 0.25) is 0 Å². The Balaban J connectivity index is 0. The molecule has 2 nitrogen and oxygen atoms in total. The van der Waals surface area contributed by atoms with Gasteiger partial charge < -0.3 is 23.3 Å². The summed E-state index contributed by atoms with van der Waals surface area (Å²) in [6, 6.07) is 0. The zero-order valence-electron chi connectivity index (χ0n) is 4.48. The fraction of sp³-hybridized carbons (Fsp3) is 1.00. The Kier molecular flexibility index (Phi) is 6.40. The van der Waals surface area contributed by atoms with Crippen LogP contribution in [0.25, 0.3) is 0 Å². The summed E-state index contributed by atoms with van der Waals surface area (Å²) < 4.78 is 4.86. The maximum atomic E-state index is 4.86. The van der Waals surface area contributed by atoms with E-state index < -0.39 is 0 Å². The molecule has 1 aliphatic rings. The first-order valence-corrected chi connectivity index (χ1v) is 1.96. The largest absolute Gasteiger partial charge is 1.00 e. The third-order valence-corrected chi connectivity index (χ3v) is 0.858. The van der Waals surface area contributed by atoms with Crippen LogP contribution in [0.3, 0.4) is 0 Å². The summed E-state index contributed by atoms with van der Waals surface area (Å²) in [5.74, 6) is 0. The molecule has 1 rings (SSSR count). The van der Waals surface area contributed by atoms with Crippen LogP contribution in [0.4, 0.5) is 0 Å². The minimum Gasteiger partial charge on any atom is -1.00 e. The van der Waals surface area contributed by atoms with Gasteiger partial charge in [-0.2, -0.15) is 0 Å². The van der Waals surface area contributed by atoms with Gasteiger partial charge in [-0.25, -0.2) is 0 Å². The molecule has 1 aliphatic carbocycles. The molecule has 0 heterocycles. The zero-order chi connectivity index (χ0) is 3.70. The summed E-state index contributed by atoms with van der Waals surface area (Å²) in [6.07, 6.45) is 3.21. The number of hydrogen-bond donors (Lipinski definition) is 1. The van der Waals surface area contributed by atoms with Crippen LogP contribution in [0.15, 0.2) is 0 Å². The lowest BCUT2D eigenvalue weighted by molar-refractivity contribution is -0.00000223. The summed E-state index contributed by atoms with van der Waals surface area (Å²) in [5.41, 5.74) is 0. The topological polar surface area (TPSA) is 44.2 Å². The van der Waals surface area contributed by atoms with Gasteiger partial charge in [-0.1, -0.05) is 0 Å². The average Bonchev–Trinajstić information content (AvgIpc) is 2.12. The summed E-state index contributed by atoms with van der Waals surface area (Å²) in [7, 11) is 1.76. The van der Waals surface area contributed by atoms with Crippen molar-refractivity contribution in [3.63, 3.8) is 0 Å². The molecular weight excluding hydrogens is 114 g/mol. The summed E-state index contributed by atoms with van der Waals surface area (Å²) in [4.78, 5) is 0. The molecule has 1 saturated carbocycles. The van der Waals surface area contributed by atoms with Gasteiger partial charge in [-0.15, -0.1) is 0 Å². The number of ether oxygens (including phenoxy) is 1. The molecule has 46 valence electrons. The van der Waals surface area contributed by atoms with Gasteiger partial charge >= 0.3 is 0 Å². The molecule has 0 amide bonds. The van der Waals surface area contributed by atoms with E-state index in [1.165, 1.54) is 12.8 Å². The van der Waals surface area contributed by atoms with Crippen molar-refractivity contribution < 1.29 is 17.1 Å². The van der Waals surface area contributed by atoms with Crippen molar-refractivity contribution in [2.75, 3.05) is 7.11 Å². The molecule has 0 radical (unpaired) electrons. The summed E-state index contributed by atoms with van der Waals surface area (Å²) >= 11 is 0. The molecule has 3 N–H and O–H groups in total. The SMILES string of the molecule is COC1CC1.N.[Cl-]. The van der Waals surface area contributed by atoms with Crippen molar-refractivity contribution >= 4 is 0 Å². The number of rotatable bonds is 1. The normalized spacial score (nSPS) is 16.7. The van der Waals surface area contributed by atoms with Gasteiger partial charge in [0.25, 0.3) is 0 Å². The first-order valence-electron chi connectivity index (χ1n) is 1.96. The Bertz CT molecular complexity index is 38.7. The Labute approximate surface area is 50.2 Å². The van der Waals surface area contributed by atoms with Gasteiger partial charge in [0.1, 0.15) is 0 Å². The van der Waals surface area contributed by atoms with Crippen LogP contribution < -0.4 is 18.6 Å². The Morgan fingerprint density at radius 1 is 1.43 bits per heavy atom. The molecule has 0 spiro atoms. The molecule has 7 heavy (non-hydrogen) atoms. The van der Waals surface area contributed by atoms with E-state index in [1.54, 1.807) is 7.11 Å². The van der Waals surface area contributed by atoms with Gasteiger partial charge in [0, 0.05) is 7.11 Å². The second-order valence-corrected chi connectivity index (χ2v) is 1.44. The highest BCUT2D eigenvalue weighted by molar-refractivity contribution is 4.71. The lowest BCUT2D eigenvalue weighted by atomic mass is 10.9. The molecule has 0 saturated heterocycles. The number of hydrogen-bond acceptors (Lipinski definition) is 2. The second kappa shape index (κ2) is 4.37. The fourth-order valence-corrected chi connectivity index (χ4v) is 0.304. The molecule has 0 aliphatic heterocycles. The molecule has 0 bridgehead atoms. The van der Waals surface area contributed by atoms with E-state index in [0.29, 0.717) is 6.10 Å². The van der Waals surface area contributed by atoms with E-state index in [1.807, 2.05) is 0 Å². The monoisotopic (exact) mass is 124 g/mol. The van der Waals surface area contributed by atoms with Crippen molar-refractivity contribution in [3.8, 4) is 0 Å². The van der Waals surface area contributed by atoms with Gasteiger partial charge in [-0.3, -0.25) is 0 Å². The van der Waals surface area contributed by atoms with E-state index in [0.717, 1.165) is 0 Å². The maximum absolute atomic E-state index is 4.86. The summed E-state index contributed by atoms with van der Waals surface area (Å²) in [6.45, 7) is 0. The standard InChI is InChI=1S/C4H8O.ClH.H3N/c1-5-4-2-3-4;;/h4H,2-3H2,1H3;1H;1H3/p-1. The van der Waals surface area contributed by atoms with E-state index in [4.69, 9.17) is 4.74 Å². The van der Waals surface area contributed by atoms with Crippen molar-refractivity contribution in [1.29, 1.82) is 0 Å². The lowest BCUT2D eigenvalue weighted by Gasteiger charge is -1.80. The highest BCUT2D eigenvalue weighted by atomic mass is 35.5. The van der Waals surface area contributed by atoms with E-state index in [9.17, 15) is 0 Å². The maximum Gasteiger partial charge on any atom is 0.0573 e. The van der Waals surface area contributed by atoms with Crippen LogP contribution in [0.2, 0.25) is 0 Å². The van der Waals surface area contributed by atoms with Crippen LogP contribution in [0, 0.1) is 0 Å².